The Morgan fingerprint density at radius 1 is 0.576 bits per heavy atom. The van der Waals surface area contributed by atoms with Crippen molar-refractivity contribution in [2.45, 2.75) is 9.79 Å². The summed E-state index contributed by atoms with van der Waals surface area (Å²) in [4.78, 5) is -0.745. The molecule has 0 atom stereocenters. The third-order valence-corrected chi connectivity index (χ3v) is 6.45. The van der Waals surface area contributed by atoms with E-state index in [1.54, 1.807) is 30.3 Å². The fourth-order valence-corrected chi connectivity index (χ4v) is 4.69. The molecule has 0 aliphatic heterocycles. The number of nitrogens with zero attached hydrogens (tertiary/aromatic N) is 2. The Hall–Kier alpha value is -1.38. The van der Waals surface area contributed by atoms with Crippen LogP contribution in [-0.2, 0) is 20.2 Å². The van der Waals surface area contributed by atoms with Crippen LogP contribution >= 0.6 is 0 Å². The Bertz CT molecular complexity index is 1610. The fraction of sp³-hybridized carbons (Fsp3) is 0. The van der Waals surface area contributed by atoms with Gasteiger partial charge in [-0.05, 0) is 18.2 Å². The number of phenolic OH excluding ortho intramolecular Hbond substituents is 1. The van der Waals surface area contributed by atoms with Gasteiger partial charge < -0.3 is 5.11 Å². The summed E-state index contributed by atoms with van der Waals surface area (Å²) in [7, 11) is -9.09. The van der Waals surface area contributed by atoms with Crippen molar-refractivity contribution in [3.63, 3.8) is 0 Å². The monoisotopic (exact) mass is 506 g/mol. The van der Waals surface area contributed by atoms with E-state index in [2.05, 4.69) is 10.2 Å². The number of fused-ring (bicyclic) bond motifs is 2. The number of benzene rings is 4. The van der Waals surface area contributed by atoms with Gasteiger partial charge in [-0.1, -0.05) is 48.5 Å². The van der Waals surface area contributed by atoms with Crippen LogP contribution in [0, 0.1) is 0 Å². The zero-order valence-corrected chi connectivity index (χ0v) is 17.2. The zero-order chi connectivity index (χ0) is 22.4. The van der Waals surface area contributed by atoms with Gasteiger partial charge in [0.2, 0.25) is 0 Å². The molecular weight excluding hydrogens is 490 g/mol. The van der Waals surface area contributed by atoms with Crippen molar-refractivity contribution < 1.29 is 31.0 Å². The first kappa shape index (κ1) is 27.9. The van der Waals surface area contributed by atoms with Crippen molar-refractivity contribution in [3.05, 3.63) is 66.7 Å². The Labute approximate surface area is 233 Å². The van der Waals surface area contributed by atoms with Crippen molar-refractivity contribution in [1.82, 2.24) is 0 Å². The summed E-state index contributed by atoms with van der Waals surface area (Å²) in [5.74, 6) is -0.342. The fourth-order valence-electron chi connectivity index (χ4n) is 3.28. The number of hydrogen-bond acceptors (Lipinski definition) is 7. The summed E-state index contributed by atoms with van der Waals surface area (Å²) in [5, 5.41) is 19.3. The quantitative estimate of drug-likeness (QED) is 0.218. The van der Waals surface area contributed by atoms with Crippen LogP contribution < -0.4 is 0 Å². The minimum atomic E-state index is -4.62. The van der Waals surface area contributed by atoms with Crippen LogP contribution in [0.25, 0.3) is 21.5 Å². The molecule has 0 saturated heterocycles. The van der Waals surface area contributed by atoms with Gasteiger partial charge in [-0.2, -0.15) is 16.8 Å². The number of rotatable bonds is 4. The molecular formula is C20H16N2Na2O7S2. The van der Waals surface area contributed by atoms with Crippen LogP contribution in [0.3, 0.4) is 0 Å². The zero-order valence-electron chi connectivity index (χ0n) is 15.5. The molecule has 0 amide bonds. The van der Waals surface area contributed by atoms with Gasteiger partial charge in [-0.3, -0.25) is 9.11 Å². The van der Waals surface area contributed by atoms with E-state index in [4.69, 9.17) is 0 Å². The molecule has 0 bridgehead atoms. The van der Waals surface area contributed by atoms with E-state index < -0.39 is 25.1 Å². The summed E-state index contributed by atoms with van der Waals surface area (Å²) in [6.07, 6.45) is 0. The molecule has 3 N–H and O–H groups in total. The topological polar surface area (TPSA) is 154 Å². The molecule has 0 radical (unpaired) electrons. The van der Waals surface area contributed by atoms with Crippen LogP contribution in [0.5, 0.6) is 5.75 Å². The first-order valence-corrected chi connectivity index (χ1v) is 11.6. The van der Waals surface area contributed by atoms with Crippen molar-refractivity contribution in [2.75, 3.05) is 0 Å². The van der Waals surface area contributed by atoms with Crippen LogP contribution in [0.15, 0.2) is 86.7 Å². The molecule has 162 valence electrons. The Kier molecular flexibility index (Phi) is 8.85. The van der Waals surface area contributed by atoms with E-state index in [1.165, 1.54) is 24.3 Å². The second-order valence-electron chi connectivity index (χ2n) is 6.57. The molecule has 0 saturated carbocycles. The van der Waals surface area contributed by atoms with Gasteiger partial charge in [-0.25, -0.2) is 0 Å². The molecule has 9 nitrogen and oxygen atoms in total. The summed E-state index contributed by atoms with van der Waals surface area (Å²) in [6.45, 7) is 0. The average molecular weight is 506 g/mol. The molecule has 0 aromatic heterocycles. The molecule has 0 aliphatic carbocycles. The molecule has 33 heavy (non-hydrogen) atoms. The molecule has 4 aromatic carbocycles. The second kappa shape index (κ2) is 10.5. The van der Waals surface area contributed by atoms with Gasteiger partial charge in [0, 0.05) is 21.5 Å². The SMILES string of the molecule is O=S(=O)(O)c1ccc(/N=N/c2cc(S(=O)(=O)O)c3ccccc3c2O)c2ccccc12.[NaH].[NaH]. The van der Waals surface area contributed by atoms with Gasteiger partial charge in [0.1, 0.15) is 15.5 Å². The maximum absolute atomic E-state index is 11.8. The van der Waals surface area contributed by atoms with Crippen LogP contribution in [0.4, 0.5) is 11.4 Å². The summed E-state index contributed by atoms with van der Waals surface area (Å²) < 4.78 is 65.9. The minimum absolute atomic E-state index is 0. The van der Waals surface area contributed by atoms with Crippen molar-refractivity contribution in [2.24, 2.45) is 10.2 Å². The number of aromatic hydroxyl groups is 1. The third-order valence-electron chi connectivity index (χ3n) is 4.64. The first-order chi connectivity index (χ1) is 14.6. The van der Waals surface area contributed by atoms with Crippen LogP contribution in [0.1, 0.15) is 0 Å². The van der Waals surface area contributed by atoms with Crippen molar-refractivity contribution in [3.8, 4) is 5.75 Å². The van der Waals surface area contributed by atoms with E-state index in [1.807, 2.05) is 0 Å². The summed E-state index contributed by atoms with van der Waals surface area (Å²) >= 11 is 0. The predicted molar refractivity (Wildman–Crippen MR) is 128 cm³/mol. The summed E-state index contributed by atoms with van der Waals surface area (Å²) in [5.41, 5.74) is -0.00164. The standard InChI is InChI=1S/C20H14N2O7S2.2Na.2H/c23-20-15-8-4-3-7-14(15)19(31(27,28)29)11-17(20)22-21-16-9-10-18(30(24,25)26)13-6-2-1-5-12(13)16;;;;/h1-11,23H,(H,24,25,26)(H,27,28,29);;;;/b22-21+;;;;. The molecule has 4 aromatic rings. The van der Waals surface area contributed by atoms with Gasteiger partial charge in [0.15, 0.2) is 5.75 Å². The molecule has 0 spiro atoms. The molecule has 0 unspecified atom stereocenters. The first-order valence-electron chi connectivity index (χ1n) is 8.70. The molecule has 4 rings (SSSR count). The number of phenols is 1. The second-order valence-corrected chi connectivity index (χ2v) is 9.35. The van der Waals surface area contributed by atoms with Gasteiger partial charge >= 0.3 is 59.1 Å². The van der Waals surface area contributed by atoms with E-state index in [0.717, 1.165) is 12.1 Å². The average Bonchev–Trinajstić information content (AvgIpc) is 2.71. The maximum atomic E-state index is 11.8. The molecule has 0 fully saturated rings. The van der Waals surface area contributed by atoms with Gasteiger partial charge in [0.25, 0.3) is 20.2 Å². The molecule has 0 heterocycles. The normalized spacial score (nSPS) is 11.9. The summed E-state index contributed by atoms with van der Waals surface area (Å²) in [6, 6.07) is 15.8. The molecule has 0 aliphatic rings. The Balaban J connectivity index is 0.00000193. The van der Waals surface area contributed by atoms with Crippen LogP contribution in [0.2, 0.25) is 0 Å². The van der Waals surface area contributed by atoms with Gasteiger partial charge in [-0.15, -0.1) is 10.2 Å². The number of hydrogen-bond donors (Lipinski definition) is 3. The predicted octanol–water partition coefficient (Wildman–Crippen LogP) is 3.31. The van der Waals surface area contributed by atoms with E-state index in [9.17, 15) is 31.0 Å². The van der Waals surface area contributed by atoms with Crippen LogP contribution in [-0.4, -0.2) is 90.2 Å². The van der Waals surface area contributed by atoms with E-state index in [-0.39, 0.29) is 97.3 Å². The third kappa shape index (κ3) is 5.65. The Morgan fingerprint density at radius 2 is 1.03 bits per heavy atom. The Morgan fingerprint density at radius 3 is 1.58 bits per heavy atom. The van der Waals surface area contributed by atoms with E-state index in [0.29, 0.717) is 5.39 Å². The van der Waals surface area contributed by atoms with Gasteiger partial charge in [0.05, 0.1) is 5.69 Å². The van der Waals surface area contributed by atoms with Crippen molar-refractivity contribution >= 4 is 112 Å². The van der Waals surface area contributed by atoms with E-state index >= 15 is 0 Å². The van der Waals surface area contributed by atoms with Crippen molar-refractivity contribution in [1.29, 1.82) is 0 Å². The number of azo groups is 1. The molecule has 13 heteroatoms.